The zero-order chi connectivity index (χ0) is 11.4. The minimum Gasteiger partial charge on any atom is -0.353 e. The normalized spacial score (nSPS) is 38.8. The molecular formula is C12H22FNO. The second kappa shape index (κ2) is 5.47. The molecule has 0 aromatic carbocycles. The summed E-state index contributed by atoms with van der Waals surface area (Å²) in [5.74, 6) is -0.0337. The van der Waals surface area contributed by atoms with Crippen LogP contribution in [0.5, 0.6) is 0 Å². The number of hydrogen-bond donors (Lipinski definition) is 1. The maximum atomic E-state index is 13.6. The van der Waals surface area contributed by atoms with Gasteiger partial charge in [-0.15, -0.1) is 0 Å². The van der Waals surface area contributed by atoms with Gasteiger partial charge in [-0.25, -0.2) is 4.39 Å². The number of carbonyl (C=O) groups excluding carboxylic acids is 1. The Bertz CT molecular complexity index is 220. The van der Waals surface area contributed by atoms with Gasteiger partial charge in [0.25, 0.3) is 0 Å². The average molecular weight is 215 g/mol. The van der Waals surface area contributed by atoms with Crippen LogP contribution in [0.1, 0.15) is 46.5 Å². The largest absolute Gasteiger partial charge is 0.353 e. The summed E-state index contributed by atoms with van der Waals surface area (Å²) in [5, 5.41) is 2.91. The molecule has 4 atom stereocenters. The summed E-state index contributed by atoms with van der Waals surface area (Å²) in [4.78, 5) is 11.4. The zero-order valence-corrected chi connectivity index (χ0v) is 9.92. The van der Waals surface area contributed by atoms with E-state index in [4.69, 9.17) is 0 Å². The lowest BCUT2D eigenvalue weighted by Gasteiger charge is -2.30. The molecule has 1 aliphatic heterocycles. The van der Waals surface area contributed by atoms with Gasteiger partial charge in [0.2, 0.25) is 5.91 Å². The van der Waals surface area contributed by atoms with Crippen molar-refractivity contribution in [2.24, 2.45) is 11.8 Å². The predicted molar refractivity (Wildman–Crippen MR) is 59.3 cm³/mol. The number of alkyl halides is 1. The highest BCUT2D eigenvalue weighted by molar-refractivity contribution is 5.82. The lowest BCUT2D eigenvalue weighted by atomic mass is 9.77. The second-order valence-corrected chi connectivity index (χ2v) is 4.15. The van der Waals surface area contributed by atoms with Gasteiger partial charge in [0.1, 0.15) is 6.17 Å². The molecule has 1 heterocycles. The number of fused-ring (bicyclic) bond motifs is 1. The minimum absolute atomic E-state index is 0.0359. The van der Waals surface area contributed by atoms with E-state index in [1.165, 1.54) is 0 Å². The van der Waals surface area contributed by atoms with E-state index < -0.39 is 6.17 Å². The fraction of sp³-hybridized carbons (Fsp3) is 0.917. The van der Waals surface area contributed by atoms with Gasteiger partial charge in [-0.05, 0) is 25.7 Å². The highest BCUT2D eigenvalue weighted by atomic mass is 19.1. The highest BCUT2D eigenvalue weighted by Gasteiger charge is 2.47. The van der Waals surface area contributed by atoms with Crippen molar-refractivity contribution in [2.45, 2.75) is 58.7 Å². The molecule has 0 bridgehead atoms. The summed E-state index contributed by atoms with van der Waals surface area (Å²) in [7, 11) is 0. The molecule has 0 spiro atoms. The highest BCUT2D eigenvalue weighted by Crippen LogP contribution is 2.38. The topological polar surface area (TPSA) is 29.1 Å². The number of amides is 1. The Morgan fingerprint density at radius 1 is 1.40 bits per heavy atom. The van der Waals surface area contributed by atoms with Crippen LogP contribution in [0.3, 0.4) is 0 Å². The summed E-state index contributed by atoms with van der Waals surface area (Å²) >= 11 is 0. The molecule has 15 heavy (non-hydrogen) atoms. The summed E-state index contributed by atoms with van der Waals surface area (Å²) in [5.41, 5.74) is 0. The van der Waals surface area contributed by atoms with Crippen molar-refractivity contribution in [1.29, 1.82) is 0 Å². The molecule has 0 aromatic rings. The standard InChI is InChI=1S/C10H16FNO.C2H6/c1-2-6-9-7(11)4-3-5-8(9)12-10(6)13;1-2/h6-9H,2-5H2,1H3,(H,12,13);1-2H3. The molecule has 2 fully saturated rings. The Hall–Kier alpha value is -0.600. The SMILES string of the molecule is CC.CCC1C(=O)NC2CCCC(F)C21. The van der Waals surface area contributed by atoms with Crippen LogP contribution < -0.4 is 5.32 Å². The Kier molecular flexibility index (Phi) is 4.55. The Labute approximate surface area is 91.6 Å². The van der Waals surface area contributed by atoms with E-state index in [2.05, 4.69) is 5.32 Å². The van der Waals surface area contributed by atoms with Crippen molar-refractivity contribution in [3.05, 3.63) is 0 Å². The molecule has 2 aliphatic rings. The van der Waals surface area contributed by atoms with Gasteiger partial charge in [0.05, 0.1) is 0 Å². The van der Waals surface area contributed by atoms with Gasteiger partial charge in [-0.1, -0.05) is 20.8 Å². The van der Waals surface area contributed by atoms with Gasteiger partial charge >= 0.3 is 0 Å². The lowest BCUT2D eigenvalue weighted by molar-refractivity contribution is -0.123. The number of nitrogens with one attached hydrogen (secondary N) is 1. The van der Waals surface area contributed by atoms with Crippen molar-refractivity contribution in [3.8, 4) is 0 Å². The van der Waals surface area contributed by atoms with Crippen LogP contribution in [-0.4, -0.2) is 18.1 Å². The van der Waals surface area contributed by atoms with E-state index in [1.807, 2.05) is 20.8 Å². The van der Waals surface area contributed by atoms with Crippen LogP contribution in [0.15, 0.2) is 0 Å². The van der Waals surface area contributed by atoms with Gasteiger partial charge in [0.15, 0.2) is 0 Å². The zero-order valence-electron chi connectivity index (χ0n) is 9.92. The fourth-order valence-corrected chi connectivity index (χ4v) is 2.79. The number of halogens is 1. The molecule has 4 unspecified atom stereocenters. The maximum absolute atomic E-state index is 13.6. The number of rotatable bonds is 1. The van der Waals surface area contributed by atoms with Crippen molar-refractivity contribution < 1.29 is 9.18 Å². The molecule has 0 radical (unpaired) electrons. The maximum Gasteiger partial charge on any atom is 0.223 e. The third-order valence-corrected chi connectivity index (χ3v) is 3.45. The molecule has 3 heteroatoms. The Balaban J connectivity index is 0.000000531. The van der Waals surface area contributed by atoms with Crippen LogP contribution in [0, 0.1) is 11.8 Å². The summed E-state index contributed by atoms with van der Waals surface area (Å²) in [6.07, 6.45) is 2.54. The van der Waals surface area contributed by atoms with Crippen molar-refractivity contribution >= 4 is 5.91 Å². The van der Waals surface area contributed by atoms with Crippen LogP contribution in [-0.2, 0) is 4.79 Å². The van der Waals surface area contributed by atoms with Crippen molar-refractivity contribution in [3.63, 3.8) is 0 Å². The first kappa shape index (κ1) is 12.5. The third kappa shape index (κ3) is 2.32. The van der Waals surface area contributed by atoms with Gasteiger partial charge in [-0.3, -0.25) is 4.79 Å². The first-order valence-electron chi connectivity index (χ1n) is 6.18. The lowest BCUT2D eigenvalue weighted by Crippen LogP contribution is -2.37. The molecule has 1 amide bonds. The first-order chi connectivity index (χ1) is 7.24. The molecule has 1 saturated heterocycles. The molecule has 1 aliphatic carbocycles. The van der Waals surface area contributed by atoms with Crippen LogP contribution >= 0.6 is 0 Å². The smallest absolute Gasteiger partial charge is 0.223 e. The molecule has 1 saturated carbocycles. The van der Waals surface area contributed by atoms with Crippen LogP contribution in [0.4, 0.5) is 4.39 Å². The minimum atomic E-state index is -0.761. The molecule has 2 nitrogen and oxygen atoms in total. The van der Waals surface area contributed by atoms with E-state index in [0.717, 1.165) is 19.3 Å². The van der Waals surface area contributed by atoms with Gasteiger partial charge < -0.3 is 5.32 Å². The van der Waals surface area contributed by atoms with E-state index in [1.54, 1.807) is 0 Å². The Morgan fingerprint density at radius 3 is 2.67 bits per heavy atom. The number of carbonyl (C=O) groups is 1. The molecular weight excluding hydrogens is 193 g/mol. The first-order valence-corrected chi connectivity index (χ1v) is 6.18. The average Bonchev–Trinajstić information content (AvgIpc) is 2.58. The predicted octanol–water partition coefficient (Wildman–Crippen LogP) is 2.68. The molecule has 88 valence electrons. The van der Waals surface area contributed by atoms with Gasteiger partial charge in [-0.2, -0.15) is 0 Å². The quantitative estimate of drug-likeness (QED) is 0.716. The summed E-state index contributed by atoms with van der Waals surface area (Å²) in [6, 6.07) is 0.126. The third-order valence-electron chi connectivity index (χ3n) is 3.45. The fourth-order valence-electron chi connectivity index (χ4n) is 2.79. The summed E-state index contributed by atoms with van der Waals surface area (Å²) < 4.78 is 13.6. The van der Waals surface area contributed by atoms with E-state index in [9.17, 15) is 9.18 Å². The van der Waals surface area contributed by atoms with Crippen LogP contribution in [0.25, 0.3) is 0 Å². The van der Waals surface area contributed by atoms with E-state index in [-0.39, 0.29) is 23.8 Å². The van der Waals surface area contributed by atoms with E-state index in [0.29, 0.717) is 6.42 Å². The molecule has 0 aromatic heterocycles. The van der Waals surface area contributed by atoms with Crippen molar-refractivity contribution in [1.82, 2.24) is 5.32 Å². The number of hydrogen-bond acceptors (Lipinski definition) is 1. The Morgan fingerprint density at radius 2 is 2.07 bits per heavy atom. The summed E-state index contributed by atoms with van der Waals surface area (Å²) in [6.45, 7) is 5.97. The monoisotopic (exact) mass is 215 g/mol. The second-order valence-electron chi connectivity index (χ2n) is 4.15. The van der Waals surface area contributed by atoms with Crippen LogP contribution in [0.2, 0.25) is 0 Å². The molecule has 2 rings (SSSR count). The van der Waals surface area contributed by atoms with Gasteiger partial charge in [0, 0.05) is 17.9 Å². The van der Waals surface area contributed by atoms with Crippen molar-refractivity contribution in [2.75, 3.05) is 0 Å². The van der Waals surface area contributed by atoms with E-state index >= 15 is 0 Å². The molecule has 1 N–H and O–H groups in total.